The van der Waals surface area contributed by atoms with Crippen LogP contribution in [-0.4, -0.2) is 22.8 Å². The lowest BCUT2D eigenvalue weighted by molar-refractivity contribution is 0.0544. The molecule has 0 saturated carbocycles. The van der Waals surface area contributed by atoms with Crippen LogP contribution in [0.2, 0.25) is 0 Å². The Morgan fingerprint density at radius 3 is 2.87 bits per heavy atom. The van der Waals surface area contributed by atoms with Crippen LogP contribution in [0.3, 0.4) is 0 Å². The number of hydrogen-bond donors (Lipinski definition) is 0. The van der Waals surface area contributed by atoms with Crippen molar-refractivity contribution in [2.24, 2.45) is 5.11 Å². The highest BCUT2D eigenvalue weighted by Crippen LogP contribution is 2.19. The SMILES string of the molecule is CC(C)(C)OC(=O)n1ccc2cc(C#CCCN=[N+]=[N-])ccc21. The first-order valence-corrected chi connectivity index (χ1v) is 7.25. The van der Waals surface area contributed by atoms with Gasteiger partial charge in [-0.15, -0.1) is 0 Å². The molecule has 0 atom stereocenters. The van der Waals surface area contributed by atoms with Crippen LogP contribution in [0.15, 0.2) is 35.6 Å². The van der Waals surface area contributed by atoms with E-state index in [-0.39, 0.29) is 0 Å². The average molecular weight is 310 g/mol. The van der Waals surface area contributed by atoms with Crippen molar-refractivity contribution in [3.05, 3.63) is 46.5 Å². The molecule has 0 amide bonds. The van der Waals surface area contributed by atoms with Gasteiger partial charge in [-0.3, -0.25) is 4.57 Å². The zero-order chi connectivity index (χ0) is 16.9. The molecule has 0 radical (unpaired) electrons. The van der Waals surface area contributed by atoms with Crippen molar-refractivity contribution in [2.45, 2.75) is 32.8 Å². The molecule has 118 valence electrons. The lowest BCUT2D eigenvalue weighted by Crippen LogP contribution is -2.26. The maximum Gasteiger partial charge on any atom is 0.418 e. The molecule has 1 aromatic carbocycles. The number of hydrogen-bond acceptors (Lipinski definition) is 3. The molecular formula is C17H18N4O2. The third kappa shape index (κ3) is 4.53. The lowest BCUT2D eigenvalue weighted by Gasteiger charge is -2.19. The normalized spacial score (nSPS) is 10.6. The largest absolute Gasteiger partial charge is 0.443 e. The second-order valence-corrected chi connectivity index (χ2v) is 5.95. The van der Waals surface area contributed by atoms with E-state index in [1.54, 1.807) is 6.20 Å². The number of azide groups is 1. The Bertz CT molecular complexity index is 828. The molecule has 2 aromatic rings. The van der Waals surface area contributed by atoms with Crippen LogP contribution < -0.4 is 0 Å². The van der Waals surface area contributed by atoms with E-state index in [0.717, 1.165) is 16.5 Å². The summed E-state index contributed by atoms with van der Waals surface area (Å²) in [6.45, 7) is 5.86. The molecule has 0 aliphatic rings. The molecular weight excluding hydrogens is 292 g/mol. The second kappa shape index (κ2) is 6.91. The molecule has 6 nitrogen and oxygen atoms in total. The molecule has 0 bridgehead atoms. The Labute approximate surface area is 134 Å². The van der Waals surface area contributed by atoms with Crippen molar-refractivity contribution in [3.8, 4) is 11.8 Å². The quantitative estimate of drug-likeness (QED) is 0.269. The van der Waals surface area contributed by atoms with Crippen molar-refractivity contribution in [1.82, 2.24) is 4.57 Å². The zero-order valence-corrected chi connectivity index (χ0v) is 13.4. The van der Waals surface area contributed by atoms with Crippen LogP contribution in [0.4, 0.5) is 4.79 Å². The molecule has 0 spiro atoms. The maximum atomic E-state index is 12.2. The topological polar surface area (TPSA) is 80.0 Å². The number of carbonyl (C=O) groups excluding carboxylic acids is 1. The first kappa shape index (κ1) is 16.5. The van der Waals surface area contributed by atoms with E-state index in [0.29, 0.717) is 13.0 Å². The van der Waals surface area contributed by atoms with E-state index in [1.807, 2.05) is 45.0 Å². The highest BCUT2D eigenvalue weighted by Gasteiger charge is 2.18. The third-order valence-electron chi connectivity index (χ3n) is 2.91. The summed E-state index contributed by atoms with van der Waals surface area (Å²) in [5, 5.41) is 4.34. The third-order valence-corrected chi connectivity index (χ3v) is 2.91. The highest BCUT2D eigenvalue weighted by molar-refractivity contribution is 5.90. The predicted octanol–water partition coefficient (Wildman–Crippen LogP) is 4.48. The molecule has 0 saturated heterocycles. The summed E-state index contributed by atoms with van der Waals surface area (Å²) >= 11 is 0. The number of nitrogens with zero attached hydrogens (tertiary/aromatic N) is 4. The fraction of sp³-hybridized carbons (Fsp3) is 0.353. The van der Waals surface area contributed by atoms with Gasteiger partial charge in [0.25, 0.3) is 0 Å². The number of ether oxygens (including phenoxy) is 1. The van der Waals surface area contributed by atoms with E-state index in [4.69, 9.17) is 10.3 Å². The smallest absolute Gasteiger partial charge is 0.418 e. The van der Waals surface area contributed by atoms with Gasteiger partial charge in [-0.05, 0) is 50.6 Å². The molecule has 0 aliphatic heterocycles. The Kier molecular flexibility index (Phi) is 4.95. The van der Waals surface area contributed by atoms with Gasteiger partial charge in [0, 0.05) is 35.0 Å². The van der Waals surface area contributed by atoms with Crippen LogP contribution in [0.1, 0.15) is 32.8 Å². The Morgan fingerprint density at radius 1 is 1.39 bits per heavy atom. The van der Waals surface area contributed by atoms with Crippen LogP contribution >= 0.6 is 0 Å². The Balaban J connectivity index is 2.20. The van der Waals surface area contributed by atoms with E-state index in [1.165, 1.54) is 4.57 Å². The Morgan fingerprint density at radius 2 is 2.17 bits per heavy atom. The standard InChI is InChI=1S/C17H18N4O2/c1-17(2,3)23-16(22)21-11-9-14-12-13(7-8-15(14)21)6-4-5-10-19-20-18/h7-9,11-12H,5,10H2,1-3H3. The molecule has 0 fully saturated rings. The van der Waals surface area contributed by atoms with Gasteiger partial charge >= 0.3 is 6.09 Å². The number of fused-ring (bicyclic) bond motifs is 1. The number of benzene rings is 1. The van der Waals surface area contributed by atoms with Gasteiger partial charge in [-0.25, -0.2) is 4.79 Å². The van der Waals surface area contributed by atoms with E-state index in [9.17, 15) is 4.79 Å². The molecule has 0 unspecified atom stereocenters. The maximum absolute atomic E-state index is 12.2. The molecule has 0 N–H and O–H groups in total. The zero-order valence-electron chi connectivity index (χ0n) is 13.4. The van der Waals surface area contributed by atoms with Crippen molar-refractivity contribution < 1.29 is 9.53 Å². The van der Waals surface area contributed by atoms with Gasteiger partial charge in [0.2, 0.25) is 0 Å². The van der Waals surface area contributed by atoms with Gasteiger partial charge in [-0.1, -0.05) is 17.0 Å². The van der Waals surface area contributed by atoms with Gasteiger partial charge < -0.3 is 4.74 Å². The summed E-state index contributed by atoms with van der Waals surface area (Å²) in [6.07, 6.45) is 1.80. The average Bonchev–Trinajstić information content (AvgIpc) is 2.88. The molecule has 1 heterocycles. The van der Waals surface area contributed by atoms with Crippen LogP contribution in [-0.2, 0) is 4.74 Å². The van der Waals surface area contributed by atoms with Crippen molar-refractivity contribution >= 4 is 17.0 Å². The number of rotatable bonds is 2. The van der Waals surface area contributed by atoms with Gasteiger partial charge in [0.1, 0.15) is 5.60 Å². The molecule has 2 rings (SSSR count). The van der Waals surface area contributed by atoms with Gasteiger partial charge in [0.05, 0.1) is 5.52 Å². The second-order valence-electron chi connectivity index (χ2n) is 5.95. The first-order valence-electron chi connectivity index (χ1n) is 7.25. The van der Waals surface area contributed by atoms with Crippen LogP contribution in [0.5, 0.6) is 0 Å². The van der Waals surface area contributed by atoms with Gasteiger partial charge in [0.15, 0.2) is 0 Å². The summed E-state index contributed by atoms with van der Waals surface area (Å²) in [4.78, 5) is 14.8. The molecule has 6 heteroatoms. The van der Waals surface area contributed by atoms with Gasteiger partial charge in [-0.2, -0.15) is 0 Å². The first-order chi connectivity index (χ1) is 10.9. The molecule has 0 aliphatic carbocycles. The minimum Gasteiger partial charge on any atom is -0.443 e. The minimum atomic E-state index is -0.537. The van der Waals surface area contributed by atoms with Crippen molar-refractivity contribution in [1.29, 1.82) is 0 Å². The van der Waals surface area contributed by atoms with Crippen molar-refractivity contribution in [2.75, 3.05) is 6.54 Å². The van der Waals surface area contributed by atoms with Crippen LogP contribution in [0, 0.1) is 11.8 Å². The monoisotopic (exact) mass is 310 g/mol. The fourth-order valence-corrected chi connectivity index (χ4v) is 2.01. The van der Waals surface area contributed by atoms with E-state index >= 15 is 0 Å². The summed E-state index contributed by atoms with van der Waals surface area (Å²) in [6, 6.07) is 7.46. The molecule has 1 aromatic heterocycles. The fourth-order valence-electron chi connectivity index (χ4n) is 2.01. The lowest BCUT2D eigenvalue weighted by atomic mass is 10.1. The Hall–Kier alpha value is -2.90. The summed E-state index contributed by atoms with van der Waals surface area (Å²) in [5.74, 6) is 5.96. The van der Waals surface area contributed by atoms with E-state index in [2.05, 4.69) is 21.9 Å². The minimum absolute atomic E-state index is 0.362. The predicted molar refractivity (Wildman–Crippen MR) is 89.1 cm³/mol. The number of carbonyl (C=O) groups is 1. The highest BCUT2D eigenvalue weighted by atomic mass is 16.6. The number of aromatic nitrogens is 1. The summed E-state index contributed by atoms with van der Waals surface area (Å²) in [5.41, 5.74) is 9.28. The summed E-state index contributed by atoms with van der Waals surface area (Å²) in [7, 11) is 0. The summed E-state index contributed by atoms with van der Waals surface area (Å²) < 4.78 is 6.86. The molecule has 23 heavy (non-hydrogen) atoms. The van der Waals surface area contributed by atoms with Crippen molar-refractivity contribution in [3.63, 3.8) is 0 Å². The van der Waals surface area contributed by atoms with Crippen LogP contribution in [0.25, 0.3) is 21.3 Å². The van der Waals surface area contributed by atoms with E-state index < -0.39 is 11.7 Å².